The monoisotopic (exact) mass is 379 g/mol. The Hall–Kier alpha value is -2.86. The number of amides is 2. The first-order chi connectivity index (χ1) is 13.6. The summed E-state index contributed by atoms with van der Waals surface area (Å²) < 4.78 is 5.35. The first kappa shape index (κ1) is 18.5. The van der Waals surface area contributed by atoms with E-state index in [1.54, 1.807) is 4.90 Å². The van der Waals surface area contributed by atoms with Gasteiger partial charge in [0.1, 0.15) is 6.61 Å². The van der Waals surface area contributed by atoms with Crippen LogP contribution in [0.25, 0.3) is 0 Å². The first-order valence-corrected chi connectivity index (χ1v) is 9.71. The third kappa shape index (κ3) is 3.36. The van der Waals surface area contributed by atoms with Crippen molar-refractivity contribution in [2.75, 3.05) is 18.0 Å². The lowest BCUT2D eigenvalue weighted by Crippen LogP contribution is -2.50. The van der Waals surface area contributed by atoms with E-state index >= 15 is 0 Å². The summed E-state index contributed by atoms with van der Waals surface area (Å²) in [4.78, 5) is 28.9. The minimum atomic E-state index is -0.295. The molecule has 4 rings (SSSR count). The number of ether oxygens (including phenoxy) is 1. The number of anilines is 1. The molecule has 0 aliphatic carbocycles. The molecule has 0 bridgehead atoms. The second kappa shape index (κ2) is 7.64. The summed E-state index contributed by atoms with van der Waals surface area (Å²) in [7, 11) is 0. The van der Waals surface area contributed by atoms with Crippen LogP contribution in [0, 0.1) is 6.92 Å². The molecular weight excluding hydrogens is 354 g/mol. The fraction of sp³-hybridized carbons (Fsp3) is 0.364. The Labute approximate surface area is 164 Å². The minimum Gasteiger partial charge on any atom is -0.444 e. The van der Waals surface area contributed by atoms with E-state index in [1.807, 2.05) is 54.3 Å². The predicted molar refractivity (Wildman–Crippen MR) is 107 cm³/mol. The van der Waals surface area contributed by atoms with Crippen LogP contribution in [0.3, 0.4) is 0 Å². The third-order valence-electron chi connectivity index (χ3n) is 5.73. The zero-order valence-corrected chi connectivity index (χ0v) is 16.1. The number of nitrogens with zero attached hydrogens (tertiary/aromatic N) is 2. The molecular formula is C22H25N3O3. The summed E-state index contributed by atoms with van der Waals surface area (Å²) >= 11 is 0. The fourth-order valence-electron chi connectivity index (χ4n) is 4.09. The number of hydrogen-bond donors (Lipinski definition) is 1. The van der Waals surface area contributed by atoms with Crippen molar-refractivity contribution in [3.05, 3.63) is 64.7 Å². The zero-order valence-electron chi connectivity index (χ0n) is 16.1. The van der Waals surface area contributed by atoms with Gasteiger partial charge in [0, 0.05) is 36.8 Å². The maximum atomic E-state index is 12.9. The fourth-order valence-corrected chi connectivity index (χ4v) is 4.09. The Morgan fingerprint density at radius 2 is 1.93 bits per heavy atom. The quantitative estimate of drug-likeness (QED) is 0.888. The number of carbonyl (C=O) groups excluding carboxylic acids is 2. The Kier molecular flexibility index (Phi) is 5.05. The van der Waals surface area contributed by atoms with Crippen molar-refractivity contribution >= 4 is 17.7 Å². The summed E-state index contributed by atoms with van der Waals surface area (Å²) in [6, 6.07) is 13.6. The number of rotatable bonds is 3. The van der Waals surface area contributed by atoms with E-state index in [0.717, 1.165) is 35.2 Å². The number of benzene rings is 2. The van der Waals surface area contributed by atoms with Crippen molar-refractivity contribution in [2.24, 2.45) is 5.73 Å². The second-order valence-corrected chi connectivity index (χ2v) is 7.42. The summed E-state index contributed by atoms with van der Waals surface area (Å²) in [5.74, 6) is 0.0340. The molecule has 1 saturated heterocycles. The van der Waals surface area contributed by atoms with Gasteiger partial charge in [-0.15, -0.1) is 0 Å². The number of nitrogens with two attached hydrogens (primary N) is 1. The number of carbonyl (C=O) groups is 2. The van der Waals surface area contributed by atoms with Gasteiger partial charge in [0.15, 0.2) is 0 Å². The molecule has 2 aromatic carbocycles. The van der Waals surface area contributed by atoms with Crippen LogP contribution in [0.4, 0.5) is 10.5 Å². The smallest absolute Gasteiger partial charge is 0.414 e. The molecule has 0 spiro atoms. The van der Waals surface area contributed by atoms with Crippen LogP contribution in [-0.2, 0) is 17.9 Å². The van der Waals surface area contributed by atoms with Gasteiger partial charge in [-0.3, -0.25) is 9.69 Å². The van der Waals surface area contributed by atoms with Crippen molar-refractivity contribution in [1.29, 1.82) is 0 Å². The summed E-state index contributed by atoms with van der Waals surface area (Å²) in [5, 5.41) is 0. The SMILES string of the molecule is Cc1cc(C(=O)N2CCC(N3C(=O)OCc4ccccc43)CC2)ccc1CN. The average molecular weight is 379 g/mol. The van der Waals surface area contributed by atoms with Gasteiger partial charge in [0.05, 0.1) is 5.69 Å². The van der Waals surface area contributed by atoms with Crippen molar-refractivity contribution in [2.45, 2.75) is 39.0 Å². The van der Waals surface area contributed by atoms with E-state index in [2.05, 4.69) is 0 Å². The molecule has 2 aliphatic rings. The molecule has 6 nitrogen and oxygen atoms in total. The van der Waals surface area contributed by atoms with Crippen LogP contribution in [0.1, 0.15) is 39.9 Å². The average Bonchev–Trinajstić information content (AvgIpc) is 2.73. The molecule has 2 aliphatic heterocycles. The topological polar surface area (TPSA) is 75.9 Å². The second-order valence-electron chi connectivity index (χ2n) is 7.42. The van der Waals surface area contributed by atoms with Crippen molar-refractivity contribution < 1.29 is 14.3 Å². The number of para-hydroxylation sites is 1. The Bertz CT molecular complexity index is 904. The standard InChI is InChI=1S/C22H25N3O3/c1-15-12-16(6-7-17(15)13-23)21(26)24-10-8-19(9-11-24)25-20-5-3-2-4-18(20)14-28-22(25)27/h2-7,12,19H,8-11,13-14,23H2,1H3. The van der Waals surface area contributed by atoms with Crippen LogP contribution < -0.4 is 10.6 Å². The van der Waals surface area contributed by atoms with Crippen LogP contribution in [0.5, 0.6) is 0 Å². The molecule has 1 fully saturated rings. The highest BCUT2D eigenvalue weighted by molar-refractivity contribution is 5.95. The van der Waals surface area contributed by atoms with Gasteiger partial charge in [0.2, 0.25) is 0 Å². The number of fused-ring (bicyclic) bond motifs is 1. The van der Waals surface area contributed by atoms with Gasteiger partial charge in [-0.1, -0.05) is 24.3 Å². The van der Waals surface area contributed by atoms with E-state index < -0.39 is 0 Å². The molecule has 2 amide bonds. The van der Waals surface area contributed by atoms with Crippen LogP contribution in [0.2, 0.25) is 0 Å². The van der Waals surface area contributed by atoms with E-state index in [9.17, 15) is 9.59 Å². The van der Waals surface area contributed by atoms with Crippen molar-refractivity contribution in [3.63, 3.8) is 0 Å². The molecule has 0 saturated carbocycles. The van der Waals surface area contributed by atoms with E-state index in [-0.39, 0.29) is 18.0 Å². The molecule has 2 aromatic rings. The number of likely N-dealkylation sites (tertiary alicyclic amines) is 1. The Morgan fingerprint density at radius 3 is 2.64 bits per heavy atom. The molecule has 28 heavy (non-hydrogen) atoms. The molecule has 2 N–H and O–H groups in total. The third-order valence-corrected chi connectivity index (χ3v) is 5.73. The van der Waals surface area contributed by atoms with Crippen LogP contribution >= 0.6 is 0 Å². The van der Waals surface area contributed by atoms with Gasteiger partial charge in [-0.25, -0.2) is 4.79 Å². The summed E-state index contributed by atoms with van der Waals surface area (Å²) in [5.41, 5.74) is 10.4. The minimum absolute atomic E-state index is 0.0340. The van der Waals surface area contributed by atoms with Crippen LogP contribution in [0.15, 0.2) is 42.5 Å². The van der Waals surface area contributed by atoms with Crippen molar-refractivity contribution in [1.82, 2.24) is 4.90 Å². The maximum absolute atomic E-state index is 12.9. The molecule has 2 heterocycles. The van der Waals surface area contributed by atoms with Gasteiger partial charge >= 0.3 is 6.09 Å². The molecule has 0 unspecified atom stereocenters. The Balaban J connectivity index is 1.46. The van der Waals surface area contributed by atoms with E-state index in [1.165, 1.54) is 0 Å². The van der Waals surface area contributed by atoms with Gasteiger partial charge < -0.3 is 15.4 Å². The molecule has 0 radical (unpaired) electrons. The Morgan fingerprint density at radius 1 is 1.18 bits per heavy atom. The maximum Gasteiger partial charge on any atom is 0.414 e. The predicted octanol–water partition coefficient (Wildman–Crippen LogP) is 3.22. The molecule has 146 valence electrons. The number of hydrogen-bond acceptors (Lipinski definition) is 4. The van der Waals surface area contributed by atoms with E-state index in [0.29, 0.717) is 31.8 Å². The number of piperidine rings is 1. The highest BCUT2D eigenvalue weighted by Crippen LogP contribution is 2.32. The molecule has 0 aromatic heterocycles. The first-order valence-electron chi connectivity index (χ1n) is 9.71. The molecule has 0 atom stereocenters. The lowest BCUT2D eigenvalue weighted by Gasteiger charge is -2.40. The normalized spacial score (nSPS) is 17.3. The highest BCUT2D eigenvalue weighted by atomic mass is 16.6. The summed E-state index contributed by atoms with van der Waals surface area (Å²) in [6.07, 6.45) is 1.17. The molecule has 6 heteroatoms. The van der Waals surface area contributed by atoms with Gasteiger partial charge in [-0.2, -0.15) is 0 Å². The van der Waals surface area contributed by atoms with Gasteiger partial charge in [-0.05, 0) is 49.1 Å². The van der Waals surface area contributed by atoms with Gasteiger partial charge in [0.25, 0.3) is 5.91 Å². The lowest BCUT2D eigenvalue weighted by molar-refractivity contribution is 0.0708. The lowest BCUT2D eigenvalue weighted by atomic mass is 9.99. The number of aryl methyl sites for hydroxylation is 1. The van der Waals surface area contributed by atoms with Crippen molar-refractivity contribution in [3.8, 4) is 0 Å². The zero-order chi connectivity index (χ0) is 19.7. The van der Waals surface area contributed by atoms with E-state index in [4.69, 9.17) is 10.5 Å². The highest BCUT2D eigenvalue weighted by Gasteiger charge is 2.35. The summed E-state index contributed by atoms with van der Waals surface area (Å²) in [6.45, 7) is 4.00. The largest absolute Gasteiger partial charge is 0.444 e. The number of cyclic esters (lactones) is 1. The van der Waals surface area contributed by atoms with Crippen LogP contribution in [-0.4, -0.2) is 36.0 Å².